The number of nitriles is 1. The van der Waals surface area contributed by atoms with Gasteiger partial charge in [-0.15, -0.1) is 11.3 Å². The van der Waals surface area contributed by atoms with Gasteiger partial charge in [-0.2, -0.15) is 5.26 Å². The molecule has 0 fully saturated rings. The van der Waals surface area contributed by atoms with Crippen LogP contribution in [0.25, 0.3) is 6.08 Å². The third-order valence-electron chi connectivity index (χ3n) is 4.35. The molecule has 0 unspecified atom stereocenters. The normalized spacial score (nSPS) is 13.4. The standard InChI is InChI=1S/C21H20N2O3S/c1-2-26-21(25)18-16-10-6-7-11-17(16)27-20(18)23-19(24)15(13-22)12-14-8-4-3-5-9-14/h3-5,8-9,12H,2,6-7,10-11H2,1H3,(H,23,24)/b15-12+. The lowest BCUT2D eigenvalue weighted by molar-refractivity contribution is -0.112. The summed E-state index contributed by atoms with van der Waals surface area (Å²) in [7, 11) is 0. The molecule has 0 aliphatic heterocycles. The van der Waals surface area contributed by atoms with Gasteiger partial charge in [0.15, 0.2) is 0 Å². The van der Waals surface area contributed by atoms with Crippen LogP contribution >= 0.6 is 11.3 Å². The Kier molecular flexibility index (Phi) is 6.05. The van der Waals surface area contributed by atoms with Gasteiger partial charge < -0.3 is 10.1 Å². The first kappa shape index (κ1) is 18.9. The zero-order valence-corrected chi connectivity index (χ0v) is 15.9. The van der Waals surface area contributed by atoms with Crippen molar-refractivity contribution >= 4 is 34.3 Å². The number of aryl methyl sites for hydroxylation is 1. The molecule has 3 rings (SSSR count). The number of nitrogens with one attached hydrogen (secondary N) is 1. The fourth-order valence-corrected chi connectivity index (χ4v) is 4.38. The average Bonchev–Trinajstić information content (AvgIpc) is 3.04. The summed E-state index contributed by atoms with van der Waals surface area (Å²) in [6.07, 6.45) is 5.32. The van der Waals surface area contributed by atoms with E-state index in [9.17, 15) is 14.9 Å². The molecule has 6 heteroatoms. The molecule has 0 bridgehead atoms. The summed E-state index contributed by atoms with van der Waals surface area (Å²) in [4.78, 5) is 26.2. The zero-order chi connectivity index (χ0) is 19.2. The van der Waals surface area contributed by atoms with E-state index in [-0.39, 0.29) is 12.2 Å². The highest BCUT2D eigenvalue weighted by Gasteiger charge is 2.27. The molecule has 1 aromatic heterocycles. The lowest BCUT2D eigenvalue weighted by Gasteiger charge is -2.12. The number of carbonyl (C=O) groups is 2. The van der Waals surface area contributed by atoms with E-state index >= 15 is 0 Å². The fourth-order valence-electron chi connectivity index (χ4n) is 3.11. The second-order valence-corrected chi connectivity index (χ2v) is 7.28. The maximum atomic E-state index is 12.6. The molecule has 0 radical (unpaired) electrons. The summed E-state index contributed by atoms with van der Waals surface area (Å²) < 4.78 is 5.19. The second-order valence-electron chi connectivity index (χ2n) is 6.17. The number of carbonyl (C=O) groups excluding carboxylic acids is 2. The van der Waals surface area contributed by atoms with Crippen LogP contribution in [0.1, 0.15) is 46.1 Å². The van der Waals surface area contributed by atoms with Gasteiger partial charge in [-0.1, -0.05) is 30.3 Å². The van der Waals surface area contributed by atoms with Crippen LogP contribution in [0.3, 0.4) is 0 Å². The molecule has 138 valence electrons. The molecule has 27 heavy (non-hydrogen) atoms. The van der Waals surface area contributed by atoms with E-state index in [1.807, 2.05) is 36.4 Å². The maximum absolute atomic E-state index is 12.6. The Morgan fingerprint density at radius 2 is 2.00 bits per heavy atom. The van der Waals surface area contributed by atoms with E-state index in [1.165, 1.54) is 17.4 Å². The number of benzene rings is 1. The van der Waals surface area contributed by atoms with Crippen LogP contribution in [-0.4, -0.2) is 18.5 Å². The summed E-state index contributed by atoms with van der Waals surface area (Å²) in [6, 6.07) is 11.1. The SMILES string of the molecule is CCOC(=O)c1c(NC(=O)/C(C#N)=C/c2ccccc2)sc2c1CCCC2. The Labute approximate surface area is 162 Å². The largest absolute Gasteiger partial charge is 0.462 e. The predicted molar refractivity (Wildman–Crippen MR) is 106 cm³/mol. The van der Waals surface area contributed by atoms with Crippen molar-refractivity contribution in [3.05, 3.63) is 57.5 Å². The monoisotopic (exact) mass is 380 g/mol. The molecule has 0 spiro atoms. The molecule has 1 aliphatic rings. The van der Waals surface area contributed by atoms with E-state index in [1.54, 1.807) is 6.92 Å². The van der Waals surface area contributed by atoms with E-state index in [2.05, 4.69) is 5.32 Å². The van der Waals surface area contributed by atoms with Gasteiger partial charge in [-0.05, 0) is 49.8 Å². The van der Waals surface area contributed by atoms with Crippen LogP contribution in [0.5, 0.6) is 0 Å². The van der Waals surface area contributed by atoms with Crippen molar-refractivity contribution in [1.29, 1.82) is 5.26 Å². The van der Waals surface area contributed by atoms with Crippen LogP contribution in [0.15, 0.2) is 35.9 Å². The molecule has 0 saturated carbocycles. The van der Waals surface area contributed by atoms with Crippen molar-refractivity contribution in [3.63, 3.8) is 0 Å². The van der Waals surface area contributed by atoms with Gasteiger partial charge in [0, 0.05) is 4.88 Å². The Morgan fingerprint density at radius 3 is 2.70 bits per heavy atom. The second kappa shape index (κ2) is 8.65. The molecule has 1 heterocycles. The van der Waals surface area contributed by atoms with E-state index in [4.69, 9.17) is 4.74 Å². The third-order valence-corrected chi connectivity index (χ3v) is 5.56. The molecule has 0 atom stereocenters. The number of rotatable bonds is 5. The van der Waals surface area contributed by atoms with Gasteiger partial charge in [0.25, 0.3) is 5.91 Å². The Bertz CT molecular complexity index is 923. The molecule has 2 aromatic rings. The smallest absolute Gasteiger partial charge is 0.341 e. The number of anilines is 1. The molecule has 5 nitrogen and oxygen atoms in total. The molecular formula is C21H20N2O3S. The van der Waals surface area contributed by atoms with Gasteiger partial charge in [0.05, 0.1) is 12.2 Å². The number of ether oxygens (including phenoxy) is 1. The quantitative estimate of drug-likeness (QED) is 0.475. The van der Waals surface area contributed by atoms with Crippen molar-refractivity contribution in [2.24, 2.45) is 0 Å². The van der Waals surface area contributed by atoms with Crippen LogP contribution in [0.2, 0.25) is 0 Å². The lowest BCUT2D eigenvalue weighted by Crippen LogP contribution is -2.16. The van der Waals surface area contributed by atoms with Crippen LogP contribution in [-0.2, 0) is 22.4 Å². The van der Waals surface area contributed by atoms with E-state index in [0.29, 0.717) is 10.6 Å². The number of esters is 1. The summed E-state index contributed by atoms with van der Waals surface area (Å²) in [5.74, 6) is -0.941. The van der Waals surface area contributed by atoms with Gasteiger partial charge in [0.2, 0.25) is 0 Å². The molecule has 0 saturated heterocycles. The van der Waals surface area contributed by atoms with Crippen molar-refractivity contribution in [2.75, 3.05) is 11.9 Å². The van der Waals surface area contributed by atoms with Crippen LogP contribution in [0.4, 0.5) is 5.00 Å². The molecule has 1 aliphatic carbocycles. The van der Waals surface area contributed by atoms with Crippen LogP contribution < -0.4 is 5.32 Å². The van der Waals surface area contributed by atoms with E-state index < -0.39 is 11.9 Å². The number of nitrogens with zero attached hydrogens (tertiary/aromatic N) is 1. The Hall–Kier alpha value is -2.91. The topological polar surface area (TPSA) is 79.2 Å². The highest BCUT2D eigenvalue weighted by Crippen LogP contribution is 2.38. The number of amides is 1. The Balaban J connectivity index is 1.91. The summed E-state index contributed by atoms with van der Waals surface area (Å²) in [5, 5.41) is 12.6. The number of thiophene rings is 1. The summed E-state index contributed by atoms with van der Waals surface area (Å²) in [6.45, 7) is 2.03. The van der Waals surface area contributed by atoms with Crippen LogP contribution in [0, 0.1) is 11.3 Å². The van der Waals surface area contributed by atoms with Gasteiger partial charge >= 0.3 is 5.97 Å². The number of hydrogen-bond acceptors (Lipinski definition) is 5. The molecule has 1 aromatic carbocycles. The van der Waals surface area contributed by atoms with Crippen molar-refractivity contribution < 1.29 is 14.3 Å². The minimum absolute atomic E-state index is 0.0117. The van der Waals surface area contributed by atoms with Crippen molar-refractivity contribution in [1.82, 2.24) is 0 Å². The summed E-state index contributed by atoms with van der Waals surface area (Å²) >= 11 is 1.41. The molecular weight excluding hydrogens is 360 g/mol. The van der Waals surface area contributed by atoms with Gasteiger partial charge in [-0.25, -0.2) is 4.79 Å². The highest BCUT2D eigenvalue weighted by atomic mass is 32.1. The average molecular weight is 380 g/mol. The van der Waals surface area contributed by atoms with Gasteiger partial charge in [0.1, 0.15) is 16.6 Å². The highest BCUT2D eigenvalue weighted by molar-refractivity contribution is 7.17. The van der Waals surface area contributed by atoms with Gasteiger partial charge in [-0.3, -0.25) is 4.79 Å². The summed E-state index contributed by atoms with van der Waals surface area (Å²) in [5.41, 5.74) is 2.18. The van der Waals surface area contributed by atoms with Crippen molar-refractivity contribution in [2.45, 2.75) is 32.6 Å². The fraction of sp³-hybridized carbons (Fsp3) is 0.286. The minimum Gasteiger partial charge on any atom is -0.462 e. The molecule has 1 N–H and O–H groups in total. The first-order valence-electron chi connectivity index (χ1n) is 8.94. The number of hydrogen-bond donors (Lipinski definition) is 1. The first-order chi connectivity index (χ1) is 13.1. The number of fused-ring (bicyclic) bond motifs is 1. The lowest BCUT2D eigenvalue weighted by atomic mass is 9.95. The zero-order valence-electron chi connectivity index (χ0n) is 15.1. The Morgan fingerprint density at radius 1 is 1.26 bits per heavy atom. The van der Waals surface area contributed by atoms with Crippen molar-refractivity contribution in [3.8, 4) is 6.07 Å². The third kappa shape index (κ3) is 4.26. The van der Waals surface area contributed by atoms with E-state index in [0.717, 1.165) is 41.7 Å². The maximum Gasteiger partial charge on any atom is 0.341 e. The minimum atomic E-state index is -0.523. The molecule has 1 amide bonds. The first-order valence-corrected chi connectivity index (χ1v) is 9.75. The predicted octanol–water partition coefficient (Wildman–Crippen LogP) is 4.35.